The number of aryl methyl sites for hydroxylation is 1. The molecule has 2 fully saturated rings. The average molecular weight is 349 g/mol. The second-order valence-corrected chi connectivity index (χ2v) is 8.13. The van der Waals surface area contributed by atoms with Gasteiger partial charge in [-0.3, -0.25) is 4.40 Å². The zero-order valence-corrected chi connectivity index (χ0v) is 15.3. The Morgan fingerprint density at radius 2 is 2.25 bits per heavy atom. The van der Waals surface area contributed by atoms with Crippen LogP contribution in [-0.4, -0.2) is 51.7 Å². The van der Waals surface area contributed by atoms with E-state index >= 15 is 0 Å². The lowest BCUT2D eigenvalue weighted by molar-refractivity contribution is 0.171. The number of likely N-dealkylation sites (tertiary alicyclic amines) is 1. The van der Waals surface area contributed by atoms with Crippen LogP contribution >= 0.6 is 11.3 Å². The van der Waals surface area contributed by atoms with Gasteiger partial charge in [0.2, 0.25) is 0 Å². The molecular formula is C18H28N4OS. The minimum Gasteiger partial charge on any atom is -0.396 e. The smallest absolute Gasteiger partial charge is 0.194 e. The summed E-state index contributed by atoms with van der Waals surface area (Å²) in [5.74, 6) is 0.759. The number of fused-ring (bicyclic) bond motifs is 1. The highest BCUT2D eigenvalue weighted by Crippen LogP contribution is 2.42. The topological polar surface area (TPSA) is 52.8 Å². The molecule has 2 aromatic rings. The van der Waals surface area contributed by atoms with E-state index < -0.39 is 0 Å². The molecule has 2 aromatic heterocycles. The monoisotopic (exact) mass is 348 g/mol. The Bertz CT molecular complexity index is 691. The largest absolute Gasteiger partial charge is 0.396 e. The van der Waals surface area contributed by atoms with Gasteiger partial charge in [-0.25, -0.2) is 4.98 Å². The normalized spacial score (nSPS) is 22.5. The molecule has 2 aliphatic rings. The van der Waals surface area contributed by atoms with Gasteiger partial charge in [-0.2, -0.15) is 0 Å². The molecule has 132 valence electrons. The Morgan fingerprint density at radius 3 is 3.04 bits per heavy atom. The van der Waals surface area contributed by atoms with Gasteiger partial charge in [0, 0.05) is 49.3 Å². The van der Waals surface area contributed by atoms with Crippen molar-refractivity contribution in [1.29, 1.82) is 0 Å². The third-order valence-corrected chi connectivity index (χ3v) is 6.22. The summed E-state index contributed by atoms with van der Waals surface area (Å²) in [6.45, 7) is 6.62. The molecule has 5 nitrogen and oxygen atoms in total. The maximum Gasteiger partial charge on any atom is 0.194 e. The number of aliphatic hydroxyl groups is 1. The first-order valence-electron chi connectivity index (χ1n) is 9.28. The lowest BCUT2D eigenvalue weighted by Crippen LogP contribution is -2.45. The minimum atomic E-state index is 0.295. The SMILES string of the molecule is Cc1nc2scc(C3CC3)n2c1CNC1CCCN(CCCO)C1. The van der Waals surface area contributed by atoms with E-state index in [4.69, 9.17) is 10.1 Å². The molecule has 2 N–H and O–H groups in total. The number of aromatic nitrogens is 2. The summed E-state index contributed by atoms with van der Waals surface area (Å²) in [4.78, 5) is 8.40. The first-order valence-corrected chi connectivity index (χ1v) is 10.2. The maximum absolute atomic E-state index is 9.03. The Hall–Kier alpha value is -0.950. The highest BCUT2D eigenvalue weighted by Gasteiger charge is 2.29. The predicted molar refractivity (Wildman–Crippen MR) is 97.8 cm³/mol. The molecule has 1 saturated heterocycles. The van der Waals surface area contributed by atoms with Gasteiger partial charge in [0.25, 0.3) is 0 Å². The van der Waals surface area contributed by atoms with Crippen molar-refractivity contribution in [1.82, 2.24) is 19.6 Å². The molecule has 1 saturated carbocycles. The number of imidazole rings is 1. The number of nitrogens with one attached hydrogen (secondary N) is 1. The van der Waals surface area contributed by atoms with Crippen LogP contribution < -0.4 is 5.32 Å². The highest BCUT2D eigenvalue weighted by atomic mass is 32.1. The second kappa shape index (κ2) is 7.12. The summed E-state index contributed by atoms with van der Waals surface area (Å²) < 4.78 is 2.41. The van der Waals surface area contributed by atoms with Gasteiger partial charge in [0.15, 0.2) is 4.96 Å². The molecule has 1 atom stereocenters. The highest BCUT2D eigenvalue weighted by molar-refractivity contribution is 7.15. The van der Waals surface area contributed by atoms with Crippen molar-refractivity contribution in [2.24, 2.45) is 0 Å². The third-order valence-electron chi connectivity index (χ3n) is 5.38. The average Bonchev–Trinajstić information content (AvgIpc) is 3.28. The van der Waals surface area contributed by atoms with E-state index in [1.807, 2.05) is 0 Å². The third kappa shape index (κ3) is 3.38. The standard InChI is InChI=1S/C18H28N4OS/c1-13-16(22-17(14-5-6-14)12-24-18(22)20-13)10-19-15-4-2-7-21(11-15)8-3-9-23/h12,14-15,19,23H,2-11H2,1H3. The van der Waals surface area contributed by atoms with Gasteiger partial charge in [-0.1, -0.05) is 0 Å². The van der Waals surface area contributed by atoms with Gasteiger partial charge in [0.05, 0.1) is 11.4 Å². The van der Waals surface area contributed by atoms with Crippen molar-refractivity contribution in [3.05, 3.63) is 22.5 Å². The number of nitrogens with zero attached hydrogens (tertiary/aromatic N) is 3. The zero-order valence-electron chi connectivity index (χ0n) is 14.5. The van der Waals surface area contributed by atoms with Crippen LogP contribution in [0.5, 0.6) is 0 Å². The Labute approximate surface area is 147 Å². The number of hydrogen-bond acceptors (Lipinski definition) is 5. The molecule has 4 rings (SSSR count). The van der Waals surface area contributed by atoms with Crippen molar-refractivity contribution < 1.29 is 5.11 Å². The van der Waals surface area contributed by atoms with E-state index in [0.29, 0.717) is 12.6 Å². The Morgan fingerprint density at radius 1 is 1.38 bits per heavy atom. The zero-order chi connectivity index (χ0) is 16.5. The lowest BCUT2D eigenvalue weighted by Gasteiger charge is -2.33. The van der Waals surface area contributed by atoms with Gasteiger partial charge >= 0.3 is 0 Å². The van der Waals surface area contributed by atoms with Crippen molar-refractivity contribution in [3.63, 3.8) is 0 Å². The fraction of sp³-hybridized carbons (Fsp3) is 0.722. The first-order chi connectivity index (χ1) is 11.8. The van der Waals surface area contributed by atoms with E-state index in [0.717, 1.165) is 36.9 Å². The van der Waals surface area contributed by atoms with E-state index in [1.165, 1.54) is 49.3 Å². The van der Waals surface area contributed by atoms with E-state index in [9.17, 15) is 0 Å². The summed E-state index contributed by atoms with van der Waals surface area (Å²) in [5, 5.41) is 15.1. The Balaban J connectivity index is 1.43. The van der Waals surface area contributed by atoms with Gasteiger partial charge in [-0.05, 0) is 45.6 Å². The second-order valence-electron chi connectivity index (χ2n) is 7.29. The van der Waals surface area contributed by atoms with E-state index in [2.05, 4.69) is 26.9 Å². The fourth-order valence-corrected chi connectivity index (χ4v) is 4.91. The molecule has 0 aromatic carbocycles. The van der Waals surface area contributed by atoms with Crippen LogP contribution in [0.2, 0.25) is 0 Å². The quantitative estimate of drug-likeness (QED) is 0.807. The van der Waals surface area contributed by atoms with Crippen molar-refractivity contribution >= 4 is 16.3 Å². The Kier molecular flexibility index (Phi) is 4.90. The molecule has 1 aliphatic heterocycles. The van der Waals surface area contributed by atoms with Crippen LogP contribution in [0, 0.1) is 6.92 Å². The maximum atomic E-state index is 9.03. The lowest BCUT2D eigenvalue weighted by atomic mass is 10.1. The summed E-state index contributed by atoms with van der Waals surface area (Å²) in [6, 6.07) is 0.547. The van der Waals surface area contributed by atoms with Crippen LogP contribution in [-0.2, 0) is 6.54 Å². The summed E-state index contributed by atoms with van der Waals surface area (Å²) in [5.41, 5.74) is 3.99. The summed E-state index contributed by atoms with van der Waals surface area (Å²) >= 11 is 1.78. The molecule has 6 heteroatoms. The molecule has 0 radical (unpaired) electrons. The molecule has 0 amide bonds. The molecule has 3 heterocycles. The van der Waals surface area contributed by atoms with Crippen molar-refractivity contribution in [3.8, 4) is 0 Å². The molecule has 0 spiro atoms. The molecule has 0 bridgehead atoms. The molecular weight excluding hydrogens is 320 g/mol. The van der Waals surface area contributed by atoms with Gasteiger partial charge in [-0.15, -0.1) is 11.3 Å². The number of piperidine rings is 1. The van der Waals surface area contributed by atoms with Crippen LogP contribution in [0.1, 0.15) is 55.1 Å². The molecule has 1 unspecified atom stereocenters. The number of rotatable bonds is 7. The van der Waals surface area contributed by atoms with Crippen LogP contribution in [0.25, 0.3) is 4.96 Å². The van der Waals surface area contributed by atoms with Gasteiger partial charge < -0.3 is 15.3 Å². The van der Waals surface area contributed by atoms with Crippen LogP contribution in [0.15, 0.2) is 5.38 Å². The van der Waals surface area contributed by atoms with E-state index in [-0.39, 0.29) is 0 Å². The van der Waals surface area contributed by atoms with Crippen molar-refractivity contribution in [2.75, 3.05) is 26.2 Å². The summed E-state index contributed by atoms with van der Waals surface area (Å²) in [7, 11) is 0. The number of thiazole rings is 1. The minimum absolute atomic E-state index is 0.295. The number of aliphatic hydroxyl groups excluding tert-OH is 1. The predicted octanol–water partition coefficient (Wildman–Crippen LogP) is 2.52. The number of hydrogen-bond donors (Lipinski definition) is 2. The molecule has 1 aliphatic carbocycles. The van der Waals surface area contributed by atoms with E-state index in [1.54, 1.807) is 11.3 Å². The van der Waals surface area contributed by atoms with Crippen LogP contribution in [0.3, 0.4) is 0 Å². The van der Waals surface area contributed by atoms with Gasteiger partial charge in [0.1, 0.15) is 0 Å². The first kappa shape index (κ1) is 16.5. The summed E-state index contributed by atoms with van der Waals surface area (Å²) in [6.07, 6.45) is 6.04. The fourth-order valence-electron chi connectivity index (χ4n) is 3.87. The van der Waals surface area contributed by atoms with Crippen molar-refractivity contribution in [2.45, 2.75) is 57.5 Å². The molecule has 24 heavy (non-hydrogen) atoms. The van der Waals surface area contributed by atoms with Crippen LogP contribution in [0.4, 0.5) is 0 Å².